The summed E-state index contributed by atoms with van der Waals surface area (Å²) in [5.41, 5.74) is 8.97. The highest BCUT2D eigenvalue weighted by Crippen LogP contribution is 2.26. The number of benzene rings is 2. The van der Waals surface area contributed by atoms with E-state index in [1.54, 1.807) is 29.2 Å². The van der Waals surface area contributed by atoms with Crippen LogP contribution in [0.15, 0.2) is 53.1 Å². The number of hydrogen-bond acceptors (Lipinski definition) is 5. The maximum Gasteiger partial charge on any atom is 0.284 e. The van der Waals surface area contributed by atoms with Gasteiger partial charge in [0.25, 0.3) is 5.91 Å². The van der Waals surface area contributed by atoms with Gasteiger partial charge in [0.05, 0.1) is 14.4 Å². The Balaban J connectivity index is 1.25. The van der Waals surface area contributed by atoms with E-state index in [0.29, 0.717) is 48.3 Å². The Labute approximate surface area is 198 Å². The number of aromatic nitrogens is 1. The third kappa shape index (κ3) is 4.43. The normalized spacial score (nSPS) is 19.5. The highest BCUT2D eigenvalue weighted by atomic mass is 16.3. The molecular weight excluding hydrogens is 414 g/mol. The molecule has 1 aliphatic rings. The van der Waals surface area contributed by atoms with E-state index in [0.717, 1.165) is 29.3 Å². The van der Waals surface area contributed by atoms with E-state index < -0.39 is 18.9 Å². The Morgan fingerprint density at radius 3 is 2.94 bits per heavy atom. The minimum absolute atomic E-state index is 0.0217. The van der Waals surface area contributed by atoms with Crippen LogP contribution in [0.25, 0.3) is 21.9 Å². The second-order valence-corrected chi connectivity index (χ2v) is 8.20. The fourth-order valence-electron chi connectivity index (χ4n) is 4.22. The van der Waals surface area contributed by atoms with Crippen molar-refractivity contribution in [1.82, 2.24) is 9.88 Å². The predicted molar refractivity (Wildman–Crippen MR) is 129 cm³/mol. The highest BCUT2D eigenvalue weighted by molar-refractivity contribution is 5.95. The molecule has 0 saturated carbocycles. The second kappa shape index (κ2) is 9.00. The number of anilines is 1. The van der Waals surface area contributed by atoms with Crippen LogP contribution in [0.3, 0.4) is 0 Å². The molecule has 7 nitrogen and oxygen atoms in total. The molecule has 1 aliphatic heterocycles. The van der Waals surface area contributed by atoms with Gasteiger partial charge in [0.2, 0.25) is 0 Å². The zero-order chi connectivity index (χ0) is 26.4. The van der Waals surface area contributed by atoms with Crippen LogP contribution in [0.5, 0.6) is 0 Å². The van der Waals surface area contributed by atoms with Gasteiger partial charge in [0.15, 0.2) is 5.76 Å². The lowest BCUT2D eigenvalue weighted by atomic mass is 10.1. The number of unbranched alkanes of at least 4 members (excludes halogenated alkanes) is 1. The van der Waals surface area contributed by atoms with Gasteiger partial charge in [-0.3, -0.25) is 9.69 Å². The number of nitrogens with two attached hydrogens (primary N) is 1. The van der Waals surface area contributed by atoms with Crippen molar-refractivity contribution in [2.45, 2.75) is 19.3 Å². The third-order valence-corrected chi connectivity index (χ3v) is 6.01. The molecule has 0 spiro atoms. The van der Waals surface area contributed by atoms with Gasteiger partial charge in [-0.05, 0) is 73.8 Å². The van der Waals surface area contributed by atoms with E-state index in [1.807, 2.05) is 18.3 Å². The third-order valence-electron chi connectivity index (χ3n) is 6.01. The van der Waals surface area contributed by atoms with E-state index in [-0.39, 0.29) is 5.76 Å². The van der Waals surface area contributed by atoms with E-state index in [2.05, 4.69) is 11.1 Å². The van der Waals surface area contributed by atoms with Crippen LogP contribution in [0, 0.1) is 11.3 Å². The topological polar surface area (TPSA) is 102 Å². The monoisotopic (exact) mass is 445 g/mol. The summed E-state index contributed by atoms with van der Waals surface area (Å²) in [6.07, 6.45) is 4.24. The molecule has 0 radical (unpaired) electrons. The average Bonchev–Trinajstić information content (AvgIpc) is 3.48. The zero-order valence-electron chi connectivity index (χ0n) is 22.1. The lowest BCUT2D eigenvalue weighted by molar-refractivity contribution is 0.0976. The van der Waals surface area contributed by atoms with Crippen LogP contribution in [0.1, 0.15) is 40.0 Å². The smallest absolute Gasteiger partial charge is 0.284 e. The molecular formula is C26H27N5O2. The van der Waals surface area contributed by atoms with Gasteiger partial charge in [0, 0.05) is 57.0 Å². The number of rotatable bonds is 7. The number of H-pyrrole nitrogens is 1. The van der Waals surface area contributed by atoms with Gasteiger partial charge in [0.1, 0.15) is 5.58 Å². The summed E-state index contributed by atoms with van der Waals surface area (Å²) < 4.78 is 40.2. The number of carbonyl (C=O) groups excluding carboxylic acids is 1. The molecule has 2 aromatic heterocycles. The van der Waals surface area contributed by atoms with Crippen molar-refractivity contribution < 1.29 is 14.7 Å². The van der Waals surface area contributed by atoms with Crippen LogP contribution in [-0.4, -0.2) is 48.4 Å². The maximum absolute atomic E-state index is 11.4. The van der Waals surface area contributed by atoms with Crippen LogP contribution < -0.4 is 10.6 Å². The largest absolute Gasteiger partial charge is 0.451 e. The van der Waals surface area contributed by atoms with Crippen molar-refractivity contribution in [3.8, 4) is 6.07 Å². The molecule has 2 aromatic carbocycles. The van der Waals surface area contributed by atoms with Crippen LogP contribution >= 0.6 is 0 Å². The van der Waals surface area contributed by atoms with Crippen molar-refractivity contribution >= 4 is 33.5 Å². The summed E-state index contributed by atoms with van der Waals surface area (Å²) >= 11 is 0. The number of nitriles is 1. The fourth-order valence-corrected chi connectivity index (χ4v) is 4.22. The molecule has 0 bridgehead atoms. The zero-order valence-corrected chi connectivity index (χ0v) is 18.1. The van der Waals surface area contributed by atoms with Crippen molar-refractivity contribution in [3.05, 3.63) is 65.5 Å². The van der Waals surface area contributed by atoms with Gasteiger partial charge >= 0.3 is 0 Å². The Hall–Kier alpha value is -3.76. The lowest BCUT2D eigenvalue weighted by Gasteiger charge is -2.36. The molecule has 1 fully saturated rings. The molecule has 4 aromatic rings. The summed E-state index contributed by atoms with van der Waals surface area (Å²) in [6, 6.07) is 14.2. The molecule has 7 heteroatoms. The van der Waals surface area contributed by atoms with Crippen LogP contribution in [0.4, 0.5) is 5.69 Å². The van der Waals surface area contributed by atoms with Crippen LogP contribution in [-0.2, 0) is 6.42 Å². The molecule has 33 heavy (non-hydrogen) atoms. The molecule has 1 saturated heterocycles. The van der Waals surface area contributed by atoms with E-state index in [9.17, 15) is 10.1 Å². The van der Waals surface area contributed by atoms with Gasteiger partial charge < -0.3 is 20.0 Å². The maximum atomic E-state index is 11.4. The number of primary amides is 1. The number of aryl methyl sites for hydroxylation is 1. The van der Waals surface area contributed by atoms with E-state index >= 15 is 0 Å². The number of aromatic amines is 1. The van der Waals surface area contributed by atoms with Crippen LogP contribution in [0.2, 0.25) is 0 Å². The molecule has 1 amide bonds. The molecule has 3 N–H and O–H groups in total. The van der Waals surface area contributed by atoms with Gasteiger partial charge in [-0.1, -0.05) is 0 Å². The Morgan fingerprint density at radius 1 is 1.18 bits per heavy atom. The second-order valence-electron chi connectivity index (χ2n) is 8.20. The number of nitrogens with one attached hydrogen (secondary N) is 1. The van der Waals surface area contributed by atoms with E-state index in [4.69, 9.17) is 15.6 Å². The summed E-state index contributed by atoms with van der Waals surface area (Å²) in [5, 5.41) is 10.8. The van der Waals surface area contributed by atoms with Gasteiger partial charge in [-0.2, -0.15) is 5.26 Å². The van der Waals surface area contributed by atoms with Gasteiger partial charge in [-0.25, -0.2) is 0 Å². The summed E-state index contributed by atoms with van der Waals surface area (Å²) in [6.45, 7) is -3.43. The molecule has 3 heterocycles. The number of piperazine rings is 1. The van der Waals surface area contributed by atoms with Crippen molar-refractivity contribution in [2.75, 3.05) is 37.5 Å². The minimum atomic E-state index is -2.29. The Bertz CT molecular complexity index is 1520. The first-order valence-electron chi connectivity index (χ1n) is 13.0. The molecule has 168 valence electrons. The summed E-state index contributed by atoms with van der Waals surface area (Å²) in [5.74, 6) is -0.664. The van der Waals surface area contributed by atoms with Gasteiger partial charge in [-0.15, -0.1) is 0 Å². The number of nitrogens with zero attached hydrogens (tertiary/aromatic N) is 3. The first-order chi connectivity index (χ1) is 17.6. The molecule has 5 rings (SSSR count). The van der Waals surface area contributed by atoms with Crippen molar-refractivity contribution in [2.24, 2.45) is 5.73 Å². The number of amides is 1. The molecule has 0 unspecified atom stereocenters. The molecule has 0 atom stereocenters. The summed E-state index contributed by atoms with van der Waals surface area (Å²) in [7, 11) is 0. The fraction of sp³-hybridized carbons (Fsp3) is 0.308. The number of fused-ring (bicyclic) bond motifs is 2. The molecule has 0 aliphatic carbocycles. The quantitative estimate of drug-likeness (QED) is 0.418. The van der Waals surface area contributed by atoms with Crippen molar-refractivity contribution in [3.63, 3.8) is 0 Å². The number of carbonyl (C=O) groups is 1. The SMILES string of the molecule is [2H]C1([2H])N(CCCCc2c[nH]c3ccc(C#N)cc23)CCN(c2ccc3oc(C(N)=O)cc3c2)C1([2H])[2H]. The Kier molecular flexibility index (Phi) is 4.59. The predicted octanol–water partition coefficient (Wildman–Crippen LogP) is 4.03. The minimum Gasteiger partial charge on any atom is -0.451 e. The standard InChI is InChI=1S/C26H27N5O2/c27-16-18-4-6-23-22(13-18)19(17-29-23)3-1-2-8-30-9-11-31(12-10-30)21-5-7-24-20(14-21)15-25(33-24)26(28)32/h4-7,13-15,17,29H,1-3,8-12H2,(H2,28,32)/i9D2,11D2. The number of furan rings is 1. The first kappa shape index (κ1) is 16.8. The highest BCUT2D eigenvalue weighted by Gasteiger charge is 2.18. The number of hydrogen-bond donors (Lipinski definition) is 2. The Morgan fingerprint density at radius 2 is 2.09 bits per heavy atom. The van der Waals surface area contributed by atoms with E-state index in [1.165, 1.54) is 11.0 Å². The summed E-state index contributed by atoms with van der Waals surface area (Å²) in [4.78, 5) is 17.7. The van der Waals surface area contributed by atoms with Crippen molar-refractivity contribution in [1.29, 1.82) is 5.26 Å². The first-order valence-corrected chi connectivity index (χ1v) is 11.0. The lowest BCUT2D eigenvalue weighted by Crippen LogP contribution is -2.46. The average molecular weight is 446 g/mol.